The van der Waals surface area contributed by atoms with Crippen LogP contribution in [0.3, 0.4) is 0 Å². The molecule has 1 amide bonds. The number of carbonyl (C=O) groups excluding carboxylic acids is 1. The lowest BCUT2D eigenvalue weighted by atomic mass is 9.83. The highest BCUT2D eigenvalue weighted by Crippen LogP contribution is 2.38. The first-order valence-electron chi connectivity index (χ1n) is 12.9. The van der Waals surface area contributed by atoms with Crippen LogP contribution in [0.5, 0.6) is 5.88 Å². The Morgan fingerprint density at radius 1 is 1.03 bits per heavy atom. The number of alkyl halides is 2. The summed E-state index contributed by atoms with van der Waals surface area (Å²) in [5.74, 6) is -3.17. The topological polar surface area (TPSA) is 110 Å². The van der Waals surface area contributed by atoms with E-state index in [0.717, 1.165) is 16.7 Å². The second-order valence-electron chi connectivity index (χ2n) is 10.3. The summed E-state index contributed by atoms with van der Waals surface area (Å²) in [7, 11) is -4.13. The number of ether oxygens (including phenoxy) is 1. The maximum absolute atomic E-state index is 13.7. The summed E-state index contributed by atoms with van der Waals surface area (Å²) in [4.78, 5) is 21.8. The molecule has 0 unspecified atom stereocenters. The number of benzene rings is 2. The lowest BCUT2D eigenvalue weighted by molar-refractivity contribution is -0.0477. The molecule has 206 valence electrons. The van der Waals surface area contributed by atoms with Gasteiger partial charge in [-0.1, -0.05) is 24.3 Å². The number of fused-ring (bicyclic) bond motifs is 4. The first kappa shape index (κ1) is 27.0. The van der Waals surface area contributed by atoms with E-state index >= 15 is 0 Å². The Bertz CT molecular complexity index is 1480. The molecule has 1 aliphatic heterocycles. The summed E-state index contributed by atoms with van der Waals surface area (Å²) in [5, 5.41) is 2.92. The number of amides is 1. The molecule has 0 saturated heterocycles. The Morgan fingerprint density at radius 2 is 1.72 bits per heavy atom. The molecule has 5 rings (SSSR count). The summed E-state index contributed by atoms with van der Waals surface area (Å²) in [5.41, 5.74) is 3.34. The van der Waals surface area contributed by atoms with Crippen LogP contribution in [0, 0.1) is 19.8 Å². The van der Waals surface area contributed by atoms with Gasteiger partial charge in [0.05, 0.1) is 16.6 Å². The number of aryl methyl sites for hydroxylation is 2. The lowest BCUT2D eigenvalue weighted by Gasteiger charge is -2.31. The van der Waals surface area contributed by atoms with Crippen LogP contribution in [0.4, 0.5) is 14.7 Å². The molecule has 1 atom stereocenters. The number of aromatic nitrogens is 2. The number of nitrogens with one attached hydrogen (secondary N) is 2. The first-order valence-corrected chi connectivity index (χ1v) is 14.4. The third kappa shape index (κ3) is 6.19. The van der Waals surface area contributed by atoms with E-state index in [2.05, 4.69) is 20.0 Å². The summed E-state index contributed by atoms with van der Waals surface area (Å²) in [6, 6.07) is 12.6. The average molecular weight is 557 g/mol. The van der Waals surface area contributed by atoms with Crippen LogP contribution in [-0.2, 0) is 10.0 Å². The van der Waals surface area contributed by atoms with Crippen LogP contribution in [0.2, 0.25) is 0 Å². The molecule has 2 N–H and O–H groups in total. The van der Waals surface area contributed by atoms with Crippen LogP contribution in [0.15, 0.2) is 53.4 Å². The van der Waals surface area contributed by atoms with Gasteiger partial charge in [-0.3, -0.25) is 4.79 Å². The van der Waals surface area contributed by atoms with Gasteiger partial charge in [-0.25, -0.2) is 26.9 Å². The molecule has 4 bridgehead atoms. The fourth-order valence-electron chi connectivity index (χ4n) is 5.24. The Kier molecular flexibility index (Phi) is 7.28. The van der Waals surface area contributed by atoms with Crippen LogP contribution < -0.4 is 14.8 Å². The average Bonchev–Trinajstić information content (AvgIpc) is 2.88. The highest BCUT2D eigenvalue weighted by molar-refractivity contribution is 7.92. The Labute approximate surface area is 226 Å². The van der Waals surface area contributed by atoms with Crippen molar-refractivity contribution in [3.8, 4) is 17.1 Å². The van der Waals surface area contributed by atoms with Gasteiger partial charge in [-0.15, -0.1) is 0 Å². The van der Waals surface area contributed by atoms with Crippen LogP contribution in [0.1, 0.15) is 53.6 Å². The SMILES string of the molecule is Cc1cccc(C)c1-c1cc2nc(n1)NS(=O)(=O)c1cccc(c1)C(=O)N[C@H](CC1CCC(F)(F)CC1)CO2. The van der Waals surface area contributed by atoms with Crippen molar-refractivity contribution in [2.45, 2.75) is 62.8 Å². The predicted molar refractivity (Wildman–Crippen MR) is 142 cm³/mol. The molecule has 2 aliphatic rings. The summed E-state index contributed by atoms with van der Waals surface area (Å²) in [6.45, 7) is 3.89. The van der Waals surface area contributed by atoms with E-state index in [4.69, 9.17) is 4.74 Å². The molecule has 1 aromatic heterocycles. The molecule has 8 nitrogen and oxygen atoms in total. The molecule has 1 fully saturated rings. The number of halogens is 2. The van der Waals surface area contributed by atoms with Gasteiger partial charge in [0.1, 0.15) is 6.61 Å². The number of anilines is 1. The van der Waals surface area contributed by atoms with E-state index in [-0.39, 0.29) is 47.7 Å². The van der Waals surface area contributed by atoms with Gasteiger partial charge in [0, 0.05) is 30.0 Å². The minimum Gasteiger partial charge on any atom is -0.475 e. The van der Waals surface area contributed by atoms with Crippen molar-refractivity contribution >= 4 is 21.9 Å². The maximum Gasteiger partial charge on any atom is 0.264 e. The summed E-state index contributed by atoms with van der Waals surface area (Å²) < 4.78 is 62.3. The standard InChI is InChI=1S/C28H30F2N4O4S/c1-17-5-3-6-18(2)25(17)23-15-24-33-27(32-23)34-39(36,37)22-8-4-7-20(14-22)26(35)31-21(16-38-24)13-19-9-11-28(29,30)12-10-19/h3-8,14-15,19,21H,9-13,16H2,1-2H3,(H,31,35)(H,32,33,34)/t21-/m1/s1. The molecular weight excluding hydrogens is 526 g/mol. The number of sulfonamides is 1. The second-order valence-corrected chi connectivity index (χ2v) is 12.0. The third-order valence-electron chi connectivity index (χ3n) is 7.29. The van der Waals surface area contributed by atoms with Crippen molar-refractivity contribution in [2.75, 3.05) is 11.3 Å². The molecular formula is C28H30F2N4O4S. The Hall–Kier alpha value is -3.60. The predicted octanol–water partition coefficient (Wildman–Crippen LogP) is 5.27. The number of hydrogen-bond acceptors (Lipinski definition) is 6. The fourth-order valence-corrected chi connectivity index (χ4v) is 6.23. The number of carbonyl (C=O) groups is 1. The van der Waals surface area contributed by atoms with Crippen molar-refractivity contribution in [3.05, 3.63) is 65.2 Å². The van der Waals surface area contributed by atoms with Gasteiger partial charge < -0.3 is 10.1 Å². The summed E-state index contributed by atoms with van der Waals surface area (Å²) >= 11 is 0. The number of rotatable bonds is 3. The van der Waals surface area contributed by atoms with E-state index in [0.29, 0.717) is 25.0 Å². The zero-order valence-electron chi connectivity index (χ0n) is 21.7. The quantitative estimate of drug-likeness (QED) is 0.455. The first-order chi connectivity index (χ1) is 18.5. The van der Waals surface area contributed by atoms with Crippen molar-refractivity contribution in [1.82, 2.24) is 15.3 Å². The minimum atomic E-state index is -4.13. The van der Waals surface area contributed by atoms with Gasteiger partial charge in [-0.05, 0) is 68.4 Å². The fraction of sp³-hybridized carbons (Fsp3) is 0.393. The van der Waals surface area contributed by atoms with Gasteiger partial charge in [0.2, 0.25) is 17.8 Å². The highest BCUT2D eigenvalue weighted by Gasteiger charge is 2.36. The molecule has 0 radical (unpaired) electrons. The lowest BCUT2D eigenvalue weighted by Crippen LogP contribution is -2.41. The van der Waals surface area contributed by atoms with Crippen LogP contribution >= 0.6 is 0 Å². The molecule has 1 aliphatic carbocycles. The largest absolute Gasteiger partial charge is 0.475 e. The molecule has 2 heterocycles. The van der Waals surface area contributed by atoms with Crippen LogP contribution in [-0.4, -0.2) is 42.9 Å². The zero-order valence-corrected chi connectivity index (χ0v) is 22.5. The van der Waals surface area contributed by atoms with Crippen molar-refractivity contribution < 1.29 is 26.7 Å². The van der Waals surface area contributed by atoms with Gasteiger partial charge in [0.25, 0.3) is 15.9 Å². The van der Waals surface area contributed by atoms with E-state index in [9.17, 15) is 22.0 Å². The third-order valence-corrected chi connectivity index (χ3v) is 8.62. The number of hydrogen-bond donors (Lipinski definition) is 2. The monoisotopic (exact) mass is 556 g/mol. The molecule has 1 saturated carbocycles. The smallest absolute Gasteiger partial charge is 0.264 e. The van der Waals surface area contributed by atoms with Gasteiger partial charge in [0.15, 0.2) is 0 Å². The van der Waals surface area contributed by atoms with E-state index in [1.807, 2.05) is 32.0 Å². The Balaban J connectivity index is 1.54. The highest BCUT2D eigenvalue weighted by atomic mass is 32.2. The maximum atomic E-state index is 13.7. The van der Waals surface area contributed by atoms with Crippen molar-refractivity contribution in [3.63, 3.8) is 0 Å². The van der Waals surface area contributed by atoms with E-state index < -0.39 is 27.9 Å². The summed E-state index contributed by atoms with van der Waals surface area (Å²) in [6.07, 6.45) is 0.787. The van der Waals surface area contributed by atoms with Gasteiger partial charge >= 0.3 is 0 Å². The minimum absolute atomic E-state index is 0.00581. The van der Waals surface area contributed by atoms with Crippen molar-refractivity contribution in [2.24, 2.45) is 5.92 Å². The molecule has 3 aromatic rings. The molecule has 0 spiro atoms. The zero-order chi connectivity index (χ0) is 27.8. The van der Waals surface area contributed by atoms with E-state index in [1.54, 1.807) is 6.07 Å². The molecule has 39 heavy (non-hydrogen) atoms. The van der Waals surface area contributed by atoms with E-state index in [1.165, 1.54) is 24.3 Å². The Morgan fingerprint density at radius 3 is 2.44 bits per heavy atom. The molecule has 11 heteroatoms. The second kappa shape index (κ2) is 10.5. The normalized spacial score (nSPS) is 20.8. The van der Waals surface area contributed by atoms with Crippen LogP contribution in [0.25, 0.3) is 11.3 Å². The number of nitrogens with zero attached hydrogens (tertiary/aromatic N) is 2. The van der Waals surface area contributed by atoms with Gasteiger partial charge in [-0.2, -0.15) is 4.98 Å². The van der Waals surface area contributed by atoms with Crippen molar-refractivity contribution in [1.29, 1.82) is 0 Å². The molecule has 2 aromatic carbocycles.